The van der Waals surface area contributed by atoms with Crippen LogP contribution in [0.5, 0.6) is 0 Å². The fraction of sp³-hybridized carbons (Fsp3) is 0.350. The predicted molar refractivity (Wildman–Crippen MR) is 119 cm³/mol. The first-order valence-corrected chi connectivity index (χ1v) is 10.9. The number of nitrogens with zero attached hydrogens (tertiary/aromatic N) is 2. The number of thiophene rings is 1. The largest absolute Gasteiger partial charge is 0.397 e. The minimum absolute atomic E-state index is 0.110. The first kappa shape index (κ1) is 20.3. The maximum atomic E-state index is 12.0. The van der Waals surface area contributed by atoms with Crippen LogP contribution in [0.4, 0.5) is 11.6 Å². The topological polar surface area (TPSA) is 101 Å². The van der Waals surface area contributed by atoms with Gasteiger partial charge in [0.1, 0.15) is 4.83 Å². The summed E-state index contributed by atoms with van der Waals surface area (Å²) < 4.78 is 0. The van der Waals surface area contributed by atoms with Crippen LogP contribution >= 0.6 is 34.5 Å². The summed E-state index contributed by atoms with van der Waals surface area (Å²) in [5.74, 6) is 0.359. The lowest BCUT2D eigenvalue weighted by Gasteiger charge is -2.26. The van der Waals surface area contributed by atoms with E-state index < -0.39 is 0 Å². The molecule has 0 amide bonds. The molecule has 2 aromatic heterocycles. The van der Waals surface area contributed by atoms with Gasteiger partial charge in [-0.25, -0.2) is 9.97 Å². The number of hydrogen-bond acceptors (Lipinski definition) is 7. The lowest BCUT2D eigenvalue weighted by Crippen LogP contribution is -2.29. The maximum Gasteiger partial charge on any atom is 0.224 e. The van der Waals surface area contributed by atoms with E-state index in [1.807, 2.05) is 6.07 Å². The molecule has 0 aliphatic heterocycles. The smallest absolute Gasteiger partial charge is 0.224 e. The van der Waals surface area contributed by atoms with Crippen molar-refractivity contribution < 1.29 is 9.90 Å². The van der Waals surface area contributed by atoms with E-state index in [9.17, 15) is 9.90 Å². The van der Waals surface area contributed by atoms with Crippen molar-refractivity contribution in [1.29, 1.82) is 0 Å². The number of anilines is 2. The normalized spacial score (nSPS) is 19.4. The summed E-state index contributed by atoms with van der Waals surface area (Å²) in [5, 5.41) is 14.6. The van der Waals surface area contributed by atoms with Crippen molar-refractivity contribution in [1.82, 2.24) is 9.97 Å². The van der Waals surface area contributed by atoms with Gasteiger partial charge < -0.3 is 16.2 Å². The number of benzene rings is 1. The van der Waals surface area contributed by atoms with Crippen LogP contribution in [0.2, 0.25) is 10.0 Å². The SMILES string of the molecule is CC(=O)c1sc2nc(N[C@H]3CC[C@H](O)CC3)nc(-c3ccc(Cl)c(Cl)c3)c2c1N. The van der Waals surface area contributed by atoms with Crippen LogP contribution in [0.25, 0.3) is 21.5 Å². The number of fused-ring (bicyclic) bond motifs is 1. The number of halogens is 2. The summed E-state index contributed by atoms with van der Waals surface area (Å²) >= 11 is 13.6. The molecule has 29 heavy (non-hydrogen) atoms. The Balaban J connectivity index is 1.83. The Labute approximate surface area is 182 Å². The summed E-state index contributed by atoms with van der Waals surface area (Å²) in [7, 11) is 0. The Hall–Kier alpha value is -1.93. The number of aliphatic hydroxyl groups excluding tert-OH is 1. The first-order chi connectivity index (χ1) is 13.8. The van der Waals surface area contributed by atoms with Crippen molar-refractivity contribution in [3.63, 3.8) is 0 Å². The van der Waals surface area contributed by atoms with Crippen LogP contribution in [0.1, 0.15) is 42.3 Å². The molecular formula is C20H20Cl2N4O2S. The monoisotopic (exact) mass is 450 g/mol. The molecular weight excluding hydrogens is 431 g/mol. The van der Waals surface area contributed by atoms with Gasteiger partial charge in [0.05, 0.1) is 37.8 Å². The molecule has 0 radical (unpaired) electrons. The first-order valence-electron chi connectivity index (χ1n) is 9.34. The number of ketones is 1. The third-order valence-electron chi connectivity index (χ3n) is 5.13. The highest BCUT2D eigenvalue weighted by atomic mass is 35.5. The van der Waals surface area contributed by atoms with Crippen LogP contribution in [-0.2, 0) is 0 Å². The number of rotatable bonds is 4. The molecule has 2 heterocycles. The Morgan fingerprint density at radius 1 is 1.21 bits per heavy atom. The second-order valence-corrected chi connectivity index (χ2v) is 9.07. The van der Waals surface area contributed by atoms with Gasteiger partial charge in [-0.05, 0) is 37.8 Å². The minimum Gasteiger partial charge on any atom is -0.397 e. The lowest BCUT2D eigenvalue weighted by molar-refractivity contribution is 0.102. The molecule has 1 aliphatic carbocycles. The zero-order valence-corrected chi connectivity index (χ0v) is 18.0. The van der Waals surface area contributed by atoms with Crippen LogP contribution < -0.4 is 11.1 Å². The number of hydrogen-bond donors (Lipinski definition) is 3. The van der Waals surface area contributed by atoms with Crippen molar-refractivity contribution in [2.45, 2.75) is 44.8 Å². The van der Waals surface area contributed by atoms with E-state index in [4.69, 9.17) is 33.9 Å². The standard InChI is InChI=1S/C20H20Cl2N4O2S/c1-9(27)18-16(23)15-17(10-2-7-13(21)14(22)8-10)25-20(26-19(15)29-18)24-11-3-5-12(28)6-4-11/h2,7-8,11-12,28H,3-6,23H2,1H3,(H,24,25,26)/t11-,12-. The fourth-order valence-electron chi connectivity index (χ4n) is 3.60. The van der Waals surface area contributed by atoms with Gasteiger partial charge in [-0.2, -0.15) is 0 Å². The van der Waals surface area contributed by atoms with Crippen LogP contribution in [-0.4, -0.2) is 33.0 Å². The Morgan fingerprint density at radius 3 is 2.59 bits per heavy atom. The van der Waals surface area contributed by atoms with Gasteiger partial charge in [0.25, 0.3) is 0 Å². The zero-order chi connectivity index (χ0) is 20.7. The molecule has 4 rings (SSSR count). The van der Waals surface area contributed by atoms with Gasteiger partial charge in [-0.3, -0.25) is 4.79 Å². The van der Waals surface area contributed by atoms with Crippen molar-refractivity contribution in [2.75, 3.05) is 11.1 Å². The van der Waals surface area contributed by atoms with Crippen LogP contribution in [0.3, 0.4) is 0 Å². The quantitative estimate of drug-likeness (QED) is 0.474. The molecule has 0 bridgehead atoms. The molecule has 1 aromatic carbocycles. The third kappa shape index (κ3) is 4.05. The molecule has 3 aromatic rings. The molecule has 1 fully saturated rings. The summed E-state index contributed by atoms with van der Waals surface area (Å²) in [6.07, 6.45) is 2.95. The average Bonchev–Trinajstić information content (AvgIpc) is 3.02. The molecule has 6 nitrogen and oxygen atoms in total. The van der Waals surface area contributed by atoms with Gasteiger partial charge in [-0.1, -0.05) is 29.3 Å². The number of carbonyl (C=O) groups is 1. The van der Waals surface area contributed by atoms with E-state index in [2.05, 4.69) is 10.3 Å². The lowest BCUT2D eigenvalue weighted by atomic mass is 9.93. The van der Waals surface area contributed by atoms with E-state index in [1.165, 1.54) is 18.3 Å². The van der Waals surface area contributed by atoms with Crippen molar-refractivity contribution in [2.24, 2.45) is 0 Å². The minimum atomic E-state index is -0.238. The van der Waals surface area contributed by atoms with Crippen LogP contribution in [0, 0.1) is 0 Å². The van der Waals surface area contributed by atoms with Crippen molar-refractivity contribution in [3.8, 4) is 11.3 Å². The molecule has 9 heteroatoms. The average molecular weight is 451 g/mol. The molecule has 1 saturated carbocycles. The number of aliphatic hydroxyl groups is 1. The number of aromatic nitrogens is 2. The van der Waals surface area contributed by atoms with E-state index in [0.717, 1.165) is 31.2 Å². The summed E-state index contributed by atoms with van der Waals surface area (Å²) in [6.45, 7) is 1.49. The van der Waals surface area contributed by atoms with E-state index in [-0.39, 0.29) is 17.9 Å². The number of Topliss-reactive ketones (excluding diaryl/α,β-unsaturated/α-hetero) is 1. The van der Waals surface area contributed by atoms with Gasteiger partial charge in [-0.15, -0.1) is 11.3 Å². The van der Waals surface area contributed by atoms with Gasteiger partial charge in [0.2, 0.25) is 5.95 Å². The summed E-state index contributed by atoms with van der Waals surface area (Å²) in [6, 6.07) is 5.44. The van der Waals surface area contributed by atoms with Crippen molar-refractivity contribution >= 4 is 62.2 Å². The molecule has 0 saturated heterocycles. The summed E-state index contributed by atoms with van der Waals surface area (Å²) in [4.78, 5) is 22.5. The zero-order valence-electron chi connectivity index (χ0n) is 15.7. The van der Waals surface area contributed by atoms with E-state index >= 15 is 0 Å². The number of nitrogens with one attached hydrogen (secondary N) is 1. The highest BCUT2D eigenvalue weighted by Gasteiger charge is 2.23. The molecule has 0 atom stereocenters. The van der Waals surface area contributed by atoms with Gasteiger partial charge in [0, 0.05) is 18.5 Å². The number of nitrogen functional groups attached to an aromatic ring is 1. The second-order valence-electron chi connectivity index (χ2n) is 7.26. The molecule has 4 N–H and O–H groups in total. The van der Waals surface area contributed by atoms with Crippen LogP contribution in [0.15, 0.2) is 18.2 Å². The van der Waals surface area contributed by atoms with Crippen molar-refractivity contribution in [3.05, 3.63) is 33.1 Å². The Bertz CT molecular complexity index is 1090. The fourth-order valence-corrected chi connectivity index (χ4v) is 4.89. The predicted octanol–water partition coefficient (Wildman–Crippen LogP) is 5.17. The number of carbonyl (C=O) groups excluding carboxylic acids is 1. The Kier molecular flexibility index (Phi) is 5.66. The molecule has 1 aliphatic rings. The van der Waals surface area contributed by atoms with E-state index in [1.54, 1.807) is 12.1 Å². The highest BCUT2D eigenvalue weighted by Crippen LogP contribution is 2.40. The molecule has 152 valence electrons. The van der Waals surface area contributed by atoms with E-state index in [0.29, 0.717) is 42.5 Å². The highest BCUT2D eigenvalue weighted by molar-refractivity contribution is 7.21. The third-order valence-corrected chi connectivity index (χ3v) is 7.07. The Morgan fingerprint density at radius 2 is 1.93 bits per heavy atom. The second kappa shape index (κ2) is 8.07. The van der Waals surface area contributed by atoms with Gasteiger partial charge >= 0.3 is 0 Å². The van der Waals surface area contributed by atoms with Gasteiger partial charge in [0.15, 0.2) is 5.78 Å². The number of nitrogens with two attached hydrogens (primary N) is 1. The molecule has 0 spiro atoms. The maximum absolute atomic E-state index is 12.0. The summed E-state index contributed by atoms with van der Waals surface area (Å²) in [5.41, 5.74) is 8.03. The molecule has 0 unspecified atom stereocenters.